The van der Waals surface area contributed by atoms with Crippen LogP contribution >= 0.6 is 12.4 Å². The van der Waals surface area contributed by atoms with Gasteiger partial charge in [-0.1, -0.05) is 30.3 Å². The number of primary sulfonamides is 1. The maximum Gasteiger partial charge on any atom is 0.257 e. The largest absolute Gasteiger partial charge is 0.496 e. The highest BCUT2D eigenvalue weighted by Gasteiger charge is 2.36. The molecule has 0 unspecified atom stereocenters. The summed E-state index contributed by atoms with van der Waals surface area (Å²) < 4.78 is 28.6. The van der Waals surface area contributed by atoms with E-state index in [4.69, 9.17) is 15.6 Å². The number of methoxy groups -OCH3 is 1. The number of nitrogens with two attached hydrogens (primary N) is 2. The van der Waals surface area contributed by atoms with Gasteiger partial charge in [-0.2, -0.15) is 0 Å². The smallest absolute Gasteiger partial charge is 0.257 e. The Balaban J connectivity index is 0.00000280. The third-order valence-electron chi connectivity index (χ3n) is 4.99. The Hall–Kier alpha value is -2.13. The summed E-state index contributed by atoms with van der Waals surface area (Å²) in [6, 6.07) is 14.0. The number of rotatable bonds is 5. The summed E-state index contributed by atoms with van der Waals surface area (Å²) in [5.41, 5.74) is 7.25. The molecule has 1 heterocycles. The molecular weight excluding hydrogens is 402 g/mol. The Morgan fingerprint density at radius 3 is 2.43 bits per heavy atom. The molecule has 0 aromatic heterocycles. The fourth-order valence-corrected chi connectivity index (χ4v) is 4.10. The lowest BCUT2D eigenvalue weighted by molar-refractivity contribution is 0.0783. The Morgan fingerprint density at radius 2 is 1.86 bits per heavy atom. The van der Waals surface area contributed by atoms with E-state index in [9.17, 15) is 13.2 Å². The Labute approximate surface area is 171 Å². The van der Waals surface area contributed by atoms with E-state index in [-0.39, 0.29) is 40.6 Å². The van der Waals surface area contributed by atoms with Crippen molar-refractivity contribution < 1.29 is 17.9 Å². The average Bonchev–Trinajstić information content (AvgIpc) is 3.11. The molecule has 7 nitrogen and oxygen atoms in total. The molecule has 9 heteroatoms. The van der Waals surface area contributed by atoms with Crippen molar-refractivity contribution in [2.75, 3.05) is 26.7 Å². The predicted octanol–water partition coefficient (Wildman–Crippen LogP) is 1.58. The maximum atomic E-state index is 13.1. The predicted molar refractivity (Wildman–Crippen MR) is 109 cm³/mol. The van der Waals surface area contributed by atoms with Crippen LogP contribution in [-0.2, 0) is 10.0 Å². The number of amides is 1. The highest BCUT2D eigenvalue weighted by atomic mass is 35.5. The van der Waals surface area contributed by atoms with Gasteiger partial charge >= 0.3 is 0 Å². The first kappa shape index (κ1) is 22.2. The lowest BCUT2D eigenvalue weighted by atomic mass is 9.89. The summed E-state index contributed by atoms with van der Waals surface area (Å²) in [6.07, 6.45) is 0. The van der Waals surface area contributed by atoms with Gasteiger partial charge in [-0.05, 0) is 36.2 Å². The number of nitrogens with zero attached hydrogens (tertiary/aromatic N) is 1. The van der Waals surface area contributed by atoms with E-state index in [1.165, 1.54) is 25.3 Å². The first-order chi connectivity index (χ1) is 12.8. The number of hydrogen-bond donors (Lipinski definition) is 2. The van der Waals surface area contributed by atoms with Gasteiger partial charge in [0.1, 0.15) is 5.75 Å². The van der Waals surface area contributed by atoms with Gasteiger partial charge in [0.25, 0.3) is 5.91 Å². The van der Waals surface area contributed by atoms with Crippen LogP contribution in [0.1, 0.15) is 21.8 Å². The van der Waals surface area contributed by atoms with Crippen LogP contribution in [0.2, 0.25) is 0 Å². The van der Waals surface area contributed by atoms with Gasteiger partial charge in [-0.3, -0.25) is 4.79 Å². The van der Waals surface area contributed by atoms with Gasteiger partial charge in [0.2, 0.25) is 10.0 Å². The van der Waals surface area contributed by atoms with E-state index < -0.39 is 10.0 Å². The molecule has 2 aromatic carbocycles. The number of likely N-dealkylation sites (tertiary alicyclic amines) is 1. The zero-order valence-corrected chi connectivity index (χ0v) is 17.1. The Morgan fingerprint density at radius 1 is 1.18 bits per heavy atom. The molecule has 1 amide bonds. The van der Waals surface area contributed by atoms with Gasteiger partial charge in [0.15, 0.2) is 0 Å². The minimum Gasteiger partial charge on any atom is -0.496 e. The van der Waals surface area contributed by atoms with Gasteiger partial charge < -0.3 is 15.4 Å². The summed E-state index contributed by atoms with van der Waals surface area (Å²) in [6.45, 7) is 1.46. The van der Waals surface area contributed by atoms with Crippen molar-refractivity contribution in [3.63, 3.8) is 0 Å². The molecule has 2 atom stereocenters. The lowest BCUT2D eigenvalue weighted by Gasteiger charge is -2.19. The van der Waals surface area contributed by atoms with Crippen molar-refractivity contribution in [2.45, 2.75) is 10.8 Å². The van der Waals surface area contributed by atoms with Crippen molar-refractivity contribution >= 4 is 28.3 Å². The average molecular weight is 426 g/mol. The van der Waals surface area contributed by atoms with Crippen LogP contribution in [0, 0.1) is 5.92 Å². The topological polar surface area (TPSA) is 116 Å². The lowest BCUT2D eigenvalue weighted by Crippen LogP contribution is -2.30. The molecule has 2 aromatic rings. The minimum atomic E-state index is -3.92. The van der Waals surface area contributed by atoms with Crippen LogP contribution in [0.3, 0.4) is 0 Å². The van der Waals surface area contributed by atoms with Crippen LogP contribution in [0.5, 0.6) is 5.75 Å². The van der Waals surface area contributed by atoms with E-state index in [1.807, 2.05) is 30.3 Å². The fourth-order valence-electron chi connectivity index (χ4n) is 3.56. The van der Waals surface area contributed by atoms with Gasteiger partial charge in [0, 0.05) is 19.0 Å². The molecule has 152 valence electrons. The standard InChI is InChI=1S/C19H23N3O4S.ClH/c1-26-18-8-7-15(27(21,24)25)9-16(18)19(23)22-11-14(10-20)17(12-22)13-5-3-2-4-6-13;/h2-9,14,17H,10-12,20H2,1H3,(H2,21,24,25);1H/t14-,17+;/m1./s1. The molecule has 1 fully saturated rings. The van der Waals surface area contributed by atoms with Gasteiger partial charge in [-0.25, -0.2) is 13.6 Å². The van der Waals surface area contributed by atoms with Gasteiger partial charge in [0.05, 0.1) is 17.6 Å². The van der Waals surface area contributed by atoms with E-state index in [0.717, 1.165) is 5.56 Å². The van der Waals surface area contributed by atoms with Crippen molar-refractivity contribution in [1.82, 2.24) is 4.90 Å². The molecule has 1 saturated heterocycles. The number of carbonyl (C=O) groups excluding carboxylic acids is 1. The summed E-state index contributed by atoms with van der Waals surface area (Å²) >= 11 is 0. The number of sulfonamides is 1. The second-order valence-corrected chi connectivity index (χ2v) is 8.19. The maximum absolute atomic E-state index is 13.1. The quantitative estimate of drug-likeness (QED) is 0.754. The van der Waals surface area contributed by atoms with E-state index in [2.05, 4.69) is 0 Å². The summed E-state index contributed by atoms with van der Waals surface area (Å²) in [7, 11) is -2.49. The summed E-state index contributed by atoms with van der Waals surface area (Å²) in [5.74, 6) is 0.269. The molecule has 4 N–H and O–H groups in total. The molecule has 1 aliphatic rings. The third kappa shape index (κ3) is 4.47. The van der Waals surface area contributed by atoms with E-state index in [1.54, 1.807) is 4.90 Å². The molecule has 0 spiro atoms. The van der Waals surface area contributed by atoms with Crippen LogP contribution in [0.25, 0.3) is 0 Å². The first-order valence-electron chi connectivity index (χ1n) is 8.60. The monoisotopic (exact) mass is 425 g/mol. The summed E-state index contributed by atoms with van der Waals surface area (Å²) in [4.78, 5) is 14.7. The van der Waals surface area contributed by atoms with Crippen LogP contribution in [0.4, 0.5) is 0 Å². The third-order valence-corrected chi connectivity index (χ3v) is 5.90. The van der Waals surface area contributed by atoms with Crippen molar-refractivity contribution in [1.29, 1.82) is 0 Å². The second kappa shape index (κ2) is 8.91. The minimum absolute atomic E-state index is 0. The second-order valence-electron chi connectivity index (χ2n) is 6.63. The normalized spacial score (nSPS) is 19.2. The van der Waals surface area contributed by atoms with Crippen molar-refractivity contribution in [3.05, 3.63) is 59.7 Å². The first-order valence-corrected chi connectivity index (χ1v) is 10.1. The molecule has 0 radical (unpaired) electrons. The summed E-state index contributed by atoms with van der Waals surface area (Å²) in [5, 5.41) is 5.20. The SMILES string of the molecule is COc1ccc(S(N)(=O)=O)cc1C(=O)N1C[C@@H](CN)[C@H](c2ccccc2)C1.Cl. The van der Waals surface area contributed by atoms with Crippen LogP contribution in [0.15, 0.2) is 53.4 Å². The van der Waals surface area contributed by atoms with Crippen LogP contribution in [-0.4, -0.2) is 46.0 Å². The molecule has 0 aliphatic carbocycles. The van der Waals surface area contributed by atoms with Crippen molar-refractivity contribution in [3.8, 4) is 5.75 Å². The van der Waals surface area contributed by atoms with E-state index >= 15 is 0 Å². The number of carbonyl (C=O) groups is 1. The highest BCUT2D eigenvalue weighted by molar-refractivity contribution is 7.89. The molecular formula is C19H24ClN3O4S. The van der Waals surface area contributed by atoms with Gasteiger partial charge in [-0.15, -0.1) is 12.4 Å². The molecule has 1 aliphatic heterocycles. The molecule has 0 bridgehead atoms. The zero-order valence-electron chi connectivity index (χ0n) is 15.4. The molecule has 28 heavy (non-hydrogen) atoms. The molecule has 0 saturated carbocycles. The zero-order chi connectivity index (χ0) is 19.6. The highest BCUT2D eigenvalue weighted by Crippen LogP contribution is 2.34. The Bertz CT molecular complexity index is 937. The number of benzene rings is 2. The van der Waals surface area contributed by atoms with Crippen LogP contribution < -0.4 is 15.6 Å². The van der Waals surface area contributed by atoms with E-state index in [0.29, 0.717) is 25.4 Å². The number of hydrogen-bond acceptors (Lipinski definition) is 5. The van der Waals surface area contributed by atoms with Crippen molar-refractivity contribution in [2.24, 2.45) is 16.8 Å². The number of ether oxygens (including phenoxy) is 1. The fraction of sp³-hybridized carbons (Fsp3) is 0.316. The molecule has 3 rings (SSSR count). The number of halogens is 1. The Kier molecular flexibility index (Phi) is 7.06.